The second-order valence-corrected chi connectivity index (χ2v) is 7.04. The van der Waals surface area contributed by atoms with Crippen LogP contribution in [0.2, 0.25) is 5.02 Å². The van der Waals surface area contributed by atoms with Gasteiger partial charge in [-0.15, -0.1) is 0 Å². The van der Waals surface area contributed by atoms with Crippen molar-refractivity contribution in [3.63, 3.8) is 0 Å². The second-order valence-electron chi connectivity index (χ2n) is 6.60. The van der Waals surface area contributed by atoms with Crippen LogP contribution in [0.5, 0.6) is 5.75 Å². The lowest BCUT2D eigenvalue weighted by molar-refractivity contribution is -0.127. The van der Waals surface area contributed by atoms with E-state index in [9.17, 15) is 9.59 Å². The van der Waals surface area contributed by atoms with Crippen LogP contribution in [0, 0.1) is 0 Å². The molecule has 3 rings (SSSR count). The Morgan fingerprint density at radius 2 is 1.93 bits per heavy atom. The fourth-order valence-electron chi connectivity index (χ4n) is 2.95. The highest BCUT2D eigenvalue weighted by molar-refractivity contribution is 6.30. The highest BCUT2D eigenvalue weighted by Crippen LogP contribution is 2.24. The molecular formula is C22H22ClNO4. The van der Waals surface area contributed by atoms with Gasteiger partial charge in [-0.3, -0.25) is 4.79 Å². The van der Waals surface area contributed by atoms with Gasteiger partial charge >= 0.3 is 5.63 Å². The van der Waals surface area contributed by atoms with Gasteiger partial charge in [0.25, 0.3) is 5.91 Å². The van der Waals surface area contributed by atoms with Crippen LogP contribution in [-0.2, 0) is 17.8 Å². The fraction of sp³-hybridized carbons (Fsp3) is 0.273. The molecule has 0 aliphatic rings. The molecule has 3 aromatic rings. The summed E-state index contributed by atoms with van der Waals surface area (Å²) in [7, 11) is 0. The summed E-state index contributed by atoms with van der Waals surface area (Å²) in [5.74, 6) is 0.231. The third kappa shape index (κ3) is 4.93. The molecule has 1 unspecified atom stereocenters. The second kappa shape index (κ2) is 8.93. The molecule has 1 amide bonds. The molecule has 0 radical (unpaired) electrons. The van der Waals surface area contributed by atoms with E-state index < -0.39 is 6.10 Å². The summed E-state index contributed by atoms with van der Waals surface area (Å²) in [5, 5.41) is 4.36. The monoisotopic (exact) mass is 399 g/mol. The Balaban J connectivity index is 1.68. The Labute approximate surface area is 168 Å². The van der Waals surface area contributed by atoms with Crippen molar-refractivity contribution in [3.8, 4) is 5.75 Å². The minimum atomic E-state index is -0.699. The van der Waals surface area contributed by atoms with Crippen molar-refractivity contribution in [2.45, 2.75) is 39.3 Å². The minimum Gasteiger partial charge on any atom is -0.481 e. The van der Waals surface area contributed by atoms with Crippen molar-refractivity contribution in [1.82, 2.24) is 5.32 Å². The van der Waals surface area contributed by atoms with Gasteiger partial charge in [-0.25, -0.2) is 4.79 Å². The Morgan fingerprint density at radius 1 is 1.18 bits per heavy atom. The molecule has 0 fully saturated rings. The maximum atomic E-state index is 12.3. The third-order valence-electron chi connectivity index (χ3n) is 4.38. The first-order valence-corrected chi connectivity index (χ1v) is 9.59. The topological polar surface area (TPSA) is 68.5 Å². The lowest BCUT2D eigenvalue weighted by Gasteiger charge is -2.15. The predicted octanol–water partition coefficient (Wildman–Crippen LogP) is 4.48. The van der Waals surface area contributed by atoms with Gasteiger partial charge < -0.3 is 14.5 Å². The van der Waals surface area contributed by atoms with Crippen LogP contribution in [0.25, 0.3) is 11.0 Å². The van der Waals surface area contributed by atoms with E-state index in [2.05, 4.69) is 12.2 Å². The molecule has 0 spiro atoms. The normalized spacial score (nSPS) is 12.0. The largest absolute Gasteiger partial charge is 0.481 e. The summed E-state index contributed by atoms with van der Waals surface area (Å²) in [5.41, 5.74) is 1.97. The number of ether oxygens (including phenoxy) is 1. The number of amides is 1. The maximum Gasteiger partial charge on any atom is 0.336 e. The number of hydrogen-bond donors (Lipinski definition) is 1. The number of halogens is 1. The molecule has 1 N–H and O–H groups in total. The van der Waals surface area contributed by atoms with Gasteiger partial charge in [0, 0.05) is 29.1 Å². The van der Waals surface area contributed by atoms with Crippen LogP contribution in [0.15, 0.2) is 57.7 Å². The Kier molecular flexibility index (Phi) is 6.37. The van der Waals surface area contributed by atoms with Gasteiger partial charge in [0.05, 0.1) is 0 Å². The number of carbonyl (C=O) groups excluding carboxylic acids is 1. The lowest BCUT2D eigenvalue weighted by Crippen LogP contribution is -2.35. The molecule has 1 heterocycles. The molecule has 2 aromatic carbocycles. The fourth-order valence-corrected chi connectivity index (χ4v) is 3.08. The number of carbonyl (C=O) groups is 1. The van der Waals surface area contributed by atoms with E-state index in [4.69, 9.17) is 20.8 Å². The molecule has 146 valence electrons. The summed E-state index contributed by atoms with van der Waals surface area (Å²) in [4.78, 5) is 24.1. The van der Waals surface area contributed by atoms with E-state index in [-0.39, 0.29) is 11.5 Å². The molecular weight excluding hydrogens is 378 g/mol. The third-order valence-corrected chi connectivity index (χ3v) is 4.64. The number of fused-ring (bicyclic) bond motifs is 1. The first kappa shape index (κ1) is 20.0. The molecule has 5 nitrogen and oxygen atoms in total. The van der Waals surface area contributed by atoms with Crippen LogP contribution >= 0.6 is 11.6 Å². The highest BCUT2D eigenvalue weighted by Gasteiger charge is 2.15. The standard InChI is InChI=1S/C22H22ClNO4/c1-3-4-16-11-21(25)28-20-12-18(9-10-19(16)20)27-14(2)22(26)24-13-15-5-7-17(23)8-6-15/h5-12,14H,3-4,13H2,1-2H3,(H,24,26). The molecule has 0 saturated heterocycles. The number of aryl methyl sites for hydroxylation is 1. The van der Waals surface area contributed by atoms with Crippen molar-refractivity contribution in [2.24, 2.45) is 0 Å². The van der Waals surface area contributed by atoms with Gasteiger partial charge in [0.2, 0.25) is 0 Å². The highest BCUT2D eigenvalue weighted by atomic mass is 35.5. The van der Waals surface area contributed by atoms with Gasteiger partial charge in [0.1, 0.15) is 11.3 Å². The molecule has 28 heavy (non-hydrogen) atoms. The zero-order chi connectivity index (χ0) is 20.1. The number of nitrogens with one attached hydrogen (secondary N) is 1. The lowest BCUT2D eigenvalue weighted by atomic mass is 10.1. The zero-order valence-electron chi connectivity index (χ0n) is 15.8. The van der Waals surface area contributed by atoms with E-state index in [1.54, 1.807) is 31.2 Å². The Hall–Kier alpha value is -2.79. The van der Waals surface area contributed by atoms with Crippen molar-refractivity contribution in [3.05, 3.63) is 75.1 Å². The molecule has 1 atom stereocenters. The van der Waals surface area contributed by atoms with Crippen molar-refractivity contribution >= 4 is 28.5 Å². The maximum absolute atomic E-state index is 12.3. The Bertz CT molecular complexity index is 1030. The summed E-state index contributed by atoms with van der Waals surface area (Å²) < 4.78 is 11.0. The minimum absolute atomic E-state index is 0.240. The average Bonchev–Trinajstić information content (AvgIpc) is 2.67. The Morgan fingerprint density at radius 3 is 2.64 bits per heavy atom. The zero-order valence-corrected chi connectivity index (χ0v) is 16.6. The number of rotatable bonds is 7. The summed E-state index contributed by atoms with van der Waals surface area (Å²) in [6.07, 6.45) is 1.03. The molecule has 6 heteroatoms. The summed E-state index contributed by atoms with van der Waals surface area (Å²) in [6.45, 7) is 4.12. The van der Waals surface area contributed by atoms with Gasteiger partial charge in [0.15, 0.2) is 6.10 Å². The SMILES string of the molecule is CCCc1cc(=O)oc2cc(OC(C)C(=O)NCc3ccc(Cl)cc3)ccc12. The molecule has 0 aliphatic carbocycles. The van der Waals surface area contributed by atoms with Crippen molar-refractivity contribution in [1.29, 1.82) is 0 Å². The summed E-state index contributed by atoms with van der Waals surface area (Å²) >= 11 is 5.86. The van der Waals surface area contributed by atoms with Crippen LogP contribution in [-0.4, -0.2) is 12.0 Å². The average molecular weight is 400 g/mol. The van der Waals surface area contributed by atoms with Gasteiger partial charge in [-0.2, -0.15) is 0 Å². The quantitative estimate of drug-likeness (QED) is 0.594. The predicted molar refractivity (Wildman–Crippen MR) is 110 cm³/mol. The van der Waals surface area contributed by atoms with Crippen LogP contribution in [0.4, 0.5) is 0 Å². The molecule has 0 saturated carbocycles. The van der Waals surface area contributed by atoms with Crippen molar-refractivity contribution < 1.29 is 13.9 Å². The van der Waals surface area contributed by atoms with E-state index >= 15 is 0 Å². The van der Waals surface area contributed by atoms with E-state index in [1.807, 2.05) is 18.2 Å². The number of benzene rings is 2. The summed E-state index contributed by atoms with van der Waals surface area (Å²) in [6, 6.07) is 14.1. The first-order chi connectivity index (χ1) is 13.5. The van der Waals surface area contributed by atoms with Crippen molar-refractivity contribution in [2.75, 3.05) is 0 Å². The van der Waals surface area contributed by atoms with Crippen LogP contribution in [0.1, 0.15) is 31.4 Å². The van der Waals surface area contributed by atoms with Gasteiger partial charge in [-0.05, 0) is 48.7 Å². The van der Waals surface area contributed by atoms with E-state index in [0.717, 1.165) is 29.4 Å². The van der Waals surface area contributed by atoms with Crippen LogP contribution < -0.4 is 15.7 Å². The molecule has 0 bridgehead atoms. The van der Waals surface area contributed by atoms with E-state index in [0.29, 0.717) is 22.9 Å². The molecule has 0 aliphatic heterocycles. The van der Waals surface area contributed by atoms with Gasteiger partial charge in [-0.1, -0.05) is 37.1 Å². The van der Waals surface area contributed by atoms with Crippen LogP contribution in [0.3, 0.4) is 0 Å². The number of hydrogen-bond acceptors (Lipinski definition) is 4. The smallest absolute Gasteiger partial charge is 0.336 e. The first-order valence-electron chi connectivity index (χ1n) is 9.22. The van der Waals surface area contributed by atoms with E-state index in [1.165, 1.54) is 6.07 Å². The molecule has 1 aromatic heterocycles.